The highest BCUT2D eigenvalue weighted by Crippen LogP contribution is 2.24. The summed E-state index contributed by atoms with van der Waals surface area (Å²) in [5, 5.41) is 3.01. The third-order valence-electron chi connectivity index (χ3n) is 3.75. The van der Waals surface area contributed by atoms with Crippen LogP contribution in [0, 0.1) is 5.82 Å². The number of benzene rings is 2. The van der Waals surface area contributed by atoms with Gasteiger partial charge in [0.25, 0.3) is 0 Å². The number of urea groups is 1. The van der Waals surface area contributed by atoms with Gasteiger partial charge in [-0.2, -0.15) is 0 Å². The molecule has 1 aliphatic heterocycles. The summed E-state index contributed by atoms with van der Waals surface area (Å²) in [5.74, 6) is -1.00. The molecule has 5 nitrogen and oxygen atoms in total. The molecule has 1 aliphatic rings. The average molecular weight is 427 g/mol. The molecule has 0 atom stereocenters. The van der Waals surface area contributed by atoms with E-state index in [1.54, 1.807) is 35.2 Å². The monoisotopic (exact) mass is 425 g/mol. The van der Waals surface area contributed by atoms with Crippen molar-refractivity contribution in [2.45, 2.75) is 0 Å². The Morgan fingerprint density at radius 3 is 2.76 bits per heavy atom. The van der Waals surface area contributed by atoms with Crippen LogP contribution >= 0.6 is 27.5 Å². The first-order valence-electron chi connectivity index (χ1n) is 7.51. The van der Waals surface area contributed by atoms with Crippen LogP contribution in [0.4, 0.5) is 20.6 Å². The maximum absolute atomic E-state index is 13.8. The van der Waals surface area contributed by atoms with E-state index in [1.807, 2.05) is 0 Å². The number of amides is 3. The van der Waals surface area contributed by atoms with Crippen molar-refractivity contribution >= 4 is 50.8 Å². The molecule has 0 spiro atoms. The first kappa shape index (κ1) is 17.7. The predicted molar refractivity (Wildman–Crippen MR) is 98.5 cm³/mol. The minimum absolute atomic E-state index is 0.0755. The van der Waals surface area contributed by atoms with Crippen molar-refractivity contribution in [1.82, 2.24) is 4.90 Å². The number of rotatable bonds is 4. The van der Waals surface area contributed by atoms with Crippen LogP contribution in [0.15, 0.2) is 46.9 Å². The summed E-state index contributed by atoms with van der Waals surface area (Å²) in [6.45, 7) is 0.714. The zero-order valence-electron chi connectivity index (χ0n) is 13.0. The standard InChI is InChI=1S/C17H14BrClFN3O2/c18-11-4-5-15(14(20)8-11)21-16(24)10-22-6-7-23(17(22)25)13-3-1-2-12(19)9-13/h1-5,8-9H,6-7,10H2,(H,21,24). The Balaban J connectivity index is 1.63. The Kier molecular flexibility index (Phi) is 5.24. The normalized spacial score (nSPS) is 14.1. The maximum Gasteiger partial charge on any atom is 0.325 e. The molecule has 130 valence electrons. The Labute approximate surface area is 157 Å². The van der Waals surface area contributed by atoms with Gasteiger partial charge in [0.1, 0.15) is 12.4 Å². The molecular formula is C17H14BrClFN3O2. The number of anilines is 2. The molecule has 0 aromatic heterocycles. The molecule has 0 aliphatic carbocycles. The third-order valence-corrected chi connectivity index (χ3v) is 4.48. The third kappa shape index (κ3) is 4.11. The fourth-order valence-electron chi connectivity index (χ4n) is 2.57. The van der Waals surface area contributed by atoms with Gasteiger partial charge < -0.3 is 10.2 Å². The van der Waals surface area contributed by atoms with Gasteiger partial charge in [-0.05, 0) is 36.4 Å². The SMILES string of the molecule is O=C(CN1CCN(c2cccc(Cl)c2)C1=O)Nc1ccc(Br)cc1F. The quantitative estimate of drug-likeness (QED) is 0.799. The van der Waals surface area contributed by atoms with E-state index in [0.29, 0.717) is 28.3 Å². The molecule has 3 rings (SSSR count). The number of carbonyl (C=O) groups excluding carboxylic acids is 2. The van der Waals surface area contributed by atoms with Crippen molar-refractivity contribution in [3.05, 3.63) is 57.8 Å². The van der Waals surface area contributed by atoms with E-state index in [9.17, 15) is 14.0 Å². The molecule has 0 radical (unpaired) electrons. The summed E-state index contributed by atoms with van der Waals surface area (Å²) in [7, 11) is 0. The van der Waals surface area contributed by atoms with Crippen molar-refractivity contribution in [2.24, 2.45) is 0 Å². The number of nitrogens with one attached hydrogen (secondary N) is 1. The molecule has 3 amide bonds. The fraction of sp³-hybridized carbons (Fsp3) is 0.176. The van der Waals surface area contributed by atoms with Crippen LogP contribution in [0.3, 0.4) is 0 Å². The molecule has 8 heteroatoms. The molecule has 1 fully saturated rings. The molecule has 2 aromatic rings. The summed E-state index contributed by atoms with van der Waals surface area (Å²) in [4.78, 5) is 27.6. The molecule has 1 heterocycles. The smallest absolute Gasteiger partial charge is 0.322 e. The summed E-state index contributed by atoms with van der Waals surface area (Å²) in [6.07, 6.45) is 0. The topological polar surface area (TPSA) is 52.7 Å². The summed E-state index contributed by atoms with van der Waals surface area (Å²) >= 11 is 9.11. The van der Waals surface area contributed by atoms with E-state index >= 15 is 0 Å². The van der Waals surface area contributed by atoms with Crippen LogP contribution in [0.1, 0.15) is 0 Å². The van der Waals surface area contributed by atoms with Gasteiger partial charge in [0, 0.05) is 28.3 Å². The second kappa shape index (κ2) is 7.41. The second-order valence-corrected chi connectivity index (χ2v) is 6.86. The van der Waals surface area contributed by atoms with Gasteiger partial charge in [0.15, 0.2) is 0 Å². The molecule has 1 saturated heterocycles. The number of halogens is 3. The summed E-state index contributed by atoms with van der Waals surface area (Å²) in [6, 6.07) is 11.0. The van der Waals surface area contributed by atoms with E-state index < -0.39 is 11.7 Å². The number of carbonyl (C=O) groups is 2. The van der Waals surface area contributed by atoms with E-state index in [-0.39, 0.29) is 18.3 Å². The largest absolute Gasteiger partial charge is 0.325 e. The van der Waals surface area contributed by atoms with Gasteiger partial charge in [-0.25, -0.2) is 9.18 Å². The summed E-state index contributed by atoms with van der Waals surface area (Å²) < 4.78 is 14.4. The Hall–Kier alpha value is -2.12. The average Bonchev–Trinajstić information content (AvgIpc) is 2.91. The lowest BCUT2D eigenvalue weighted by Crippen LogP contribution is -2.37. The minimum atomic E-state index is -0.545. The summed E-state index contributed by atoms with van der Waals surface area (Å²) in [5.41, 5.74) is 0.755. The highest BCUT2D eigenvalue weighted by Gasteiger charge is 2.31. The van der Waals surface area contributed by atoms with Crippen LogP contribution in [-0.2, 0) is 4.79 Å². The van der Waals surface area contributed by atoms with Gasteiger partial charge in [-0.15, -0.1) is 0 Å². The first-order valence-corrected chi connectivity index (χ1v) is 8.68. The van der Waals surface area contributed by atoms with E-state index in [1.165, 1.54) is 17.0 Å². The van der Waals surface area contributed by atoms with E-state index in [0.717, 1.165) is 0 Å². The lowest BCUT2D eigenvalue weighted by atomic mass is 10.3. The van der Waals surface area contributed by atoms with Gasteiger partial charge in [0.05, 0.1) is 5.69 Å². The van der Waals surface area contributed by atoms with Crippen LogP contribution < -0.4 is 10.2 Å². The first-order chi connectivity index (χ1) is 11.9. The van der Waals surface area contributed by atoms with Gasteiger partial charge in [-0.3, -0.25) is 9.69 Å². The molecular weight excluding hydrogens is 413 g/mol. The highest BCUT2D eigenvalue weighted by molar-refractivity contribution is 9.10. The Morgan fingerprint density at radius 2 is 2.04 bits per heavy atom. The zero-order chi connectivity index (χ0) is 18.0. The molecule has 0 unspecified atom stereocenters. The van der Waals surface area contributed by atoms with E-state index in [2.05, 4.69) is 21.2 Å². The van der Waals surface area contributed by atoms with Crippen LogP contribution in [0.2, 0.25) is 5.02 Å². The number of nitrogens with zero attached hydrogens (tertiary/aromatic N) is 2. The van der Waals surface area contributed by atoms with Crippen LogP contribution in [0.5, 0.6) is 0 Å². The minimum Gasteiger partial charge on any atom is -0.322 e. The van der Waals surface area contributed by atoms with Crippen molar-refractivity contribution in [3.63, 3.8) is 0 Å². The van der Waals surface area contributed by atoms with Crippen molar-refractivity contribution in [3.8, 4) is 0 Å². The lowest BCUT2D eigenvalue weighted by Gasteiger charge is -2.18. The number of hydrogen-bond donors (Lipinski definition) is 1. The maximum atomic E-state index is 13.8. The van der Waals surface area contributed by atoms with E-state index in [4.69, 9.17) is 11.6 Å². The van der Waals surface area contributed by atoms with Gasteiger partial charge in [0.2, 0.25) is 5.91 Å². The van der Waals surface area contributed by atoms with Gasteiger partial charge in [-0.1, -0.05) is 33.6 Å². The van der Waals surface area contributed by atoms with Crippen molar-refractivity contribution < 1.29 is 14.0 Å². The second-order valence-electron chi connectivity index (χ2n) is 5.51. The van der Waals surface area contributed by atoms with Crippen LogP contribution in [0.25, 0.3) is 0 Å². The molecule has 25 heavy (non-hydrogen) atoms. The van der Waals surface area contributed by atoms with Crippen LogP contribution in [-0.4, -0.2) is 36.5 Å². The predicted octanol–water partition coefficient (Wildman–Crippen LogP) is 4.12. The lowest BCUT2D eigenvalue weighted by molar-refractivity contribution is -0.116. The fourth-order valence-corrected chi connectivity index (χ4v) is 3.08. The highest BCUT2D eigenvalue weighted by atomic mass is 79.9. The Morgan fingerprint density at radius 1 is 1.24 bits per heavy atom. The van der Waals surface area contributed by atoms with Gasteiger partial charge >= 0.3 is 6.03 Å². The number of hydrogen-bond acceptors (Lipinski definition) is 2. The molecule has 0 saturated carbocycles. The zero-order valence-corrected chi connectivity index (χ0v) is 15.3. The molecule has 1 N–H and O–H groups in total. The molecule has 0 bridgehead atoms. The molecule has 2 aromatic carbocycles. The van der Waals surface area contributed by atoms with Crippen molar-refractivity contribution in [2.75, 3.05) is 29.9 Å². The van der Waals surface area contributed by atoms with Crippen molar-refractivity contribution in [1.29, 1.82) is 0 Å². The Bertz CT molecular complexity index is 833.